The molecule has 0 saturated carbocycles. The number of halogens is 2. The van der Waals surface area contributed by atoms with Gasteiger partial charge >= 0.3 is 0 Å². The van der Waals surface area contributed by atoms with Crippen molar-refractivity contribution in [2.45, 2.75) is 18.9 Å². The largest absolute Gasteiger partial charge is 0.494 e. The number of likely N-dealkylation sites (tertiary alicyclic amines) is 1. The first kappa shape index (κ1) is 33.4. The van der Waals surface area contributed by atoms with E-state index >= 15 is 0 Å². The molecule has 2 aromatic carbocycles. The molecule has 5 aromatic rings. The lowest BCUT2D eigenvalue weighted by Crippen LogP contribution is -2.55. The Morgan fingerprint density at radius 2 is 1.82 bits per heavy atom. The molecule has 0 aliphatic carbocycles. The monoisotopic (exact) mass is 748 g/mol. The third-order valence-corrected chi connectivity index (χ3v) is 11.4. The SMILES string of the molecule is COc1cc(N2CCC(N3CC(CF)C3)CC2)c(-c2cnn(C)c2)cc1Nc1ncc(Br)c(Nc2ccc3nccnc3c2P(C)(C)=O)n1. The lowest BCUT2D eigenvalue weighted by atomic mass is 9.93. The van der Waals surface area contributed by atoms with E-state index in [1.807, 2.05) is 31.6 Å². The first-order chi connectivity index (χ1) is 23.6. The first-order valence-corrected chi connectivity index (χ1v) is 19.6. The van der Waals surface area contributed by atoms with Crippen LogP contribution in [0.3, 0.4) is 0 Å². The van der Waals surface area contributed by atoms with Crippen molar-refractivity contribution in [2.75, 3.05) is 68.8 Å². The third kappa shape index (κ3) is 6.86. The minimum Gasteiger partial charge on any atom is -0.494 e. The number of rotatable bonds is 10. The zero-order valence-corrected chi connectivity index (χ0v) is 30.4. The predicted molar refractivity (Wildman–Crippen MR) is 196 cm³/mol. The first-order valence-electron chi connectivity index (χ1n) is 16.2. The molecule has 0 spiro atoms. The van der Waals surface area contributed by atoms with Gasteiger partial charge in [0.2, 0.25) is 5.95 Å². The number of anilines is 5. The fourth-order valence-corrected chi connectivity index (χ4v) is 8.48. The van der Waals surface area contributed by atoms with Crippen LogP contribution in [-0.4, -0.2) is 94.0 Å². The van der Waals surface area contributed by atoms with E-state index in [0.29, 0.717) is 55.7 Å². The van der Waals surface area contributed by atoms with Crippen LogP contribution in [0.1, 0.15) is 12.8 Å². The summed E-state index contributed by atoms with van der Waals surface area (Å²) in [7, 11) is 0.783. The number of alkyl halides is 1. The van der Waals surface area contributed by atoms with E-state index in [1.54, 1.807) is 43.7 Å². The van der Waals surface area contributed by atoms with Gasteiger partial charge in [-0.15, -0.1) is 0 Å². The van der Waals surface area contributed by atoms with Crippen LogP contribution in [0.4, 0.5) is 33.2 Å². The van der Waals surface area contributed by atoms with Gasteiger partial charge < -0.3 is 24.8 Å². The van der Waals surface area contributed by atoms with E-state index < -0.39 is 7.14 Å². The van der Waals surface area contributed by atoms with Gasteiger partial charge in [-0.25, -0.2) is 4.98 Å². The Hall–Kier alpha value is -4.13. The molecule has 12 nitrogen and oxygen atoms in total. The van der Waals surface area contributed by atoms with Crippen molar-refractivity contribution in [3.05, 3.63) is 59.7 Å². The molecule has 2 aliphatic heterocycles. The van der Waals surface area contributed by atoms with Crippen LogP contribution in [-0.2, 0) is 11.6 Å². The predicted octanol–water partition coefficient (Wildman–Crippen LogP) is 6.20. The van der Waals surface area contributed by atoms with Crippen LogP contribution in [0.2, 0.25) is 0 Å². The summed E-state index contributed by atoms with van der Waals surface area (Å²) < 4.78 is 34.9. The molecule has 5 heterocycles. The molecular weight excluding hydrogens is 710 g/mol. The molecule has 2 saturated heterocycles. The normalized spacial score (nSPS) is 16.2. The van der Waals surface area contributed by atoms with Crippen LogP contribution >= 0.6 is 23.1 Å². The highest BCUT2D eigenvalue weighted by Crippen LogP contribution is 2.43. The fourth-order valence-electron chi connectivity index (χ4n) is 6.80. The Bertz CT molecular complexity index is 2040. The van der Waals surface area contributed by atoms with Gasteiger partial charge in [0.1, 0.15) is 24.2 Å². The second kappa shape index (κ2) is 13.6. The van der Waals surface area contributed by atoms with Crippen LogP contribution in [0.25, 0.3) is 22.2 Å². The molecule has 3 aromatic heterocycles. The minimum atomic E-state index is -2.77. The Morgan fingerprint density at radius 3 is 2.51 bits per heavy atom. The number of ether oxygens (including phenoxy) is 1. The maximum absolute atomic E-state index is 13.5. The lowest BCUT2D eigenvalue weighted by Gasteiger charge is -2.47. The zero-order valence-electron chi connectivity index (χ0n) is 27.9. The molecule has 49 heavy (non-hydrogen) atoms. The molecule has 2 fully saturated rings. The highest BCUT2D eigenvalue weighted by atomic mass is 79.9. The van der Waals surface area contributed by atoms with Gasteiger partial charge in [-0.1, -0.05) is 0 Å². The Labute approximate surface area is 293 Å². The number of aryl methyl sites for hydroxylation is 1. The van der Waals surface area contributed by atoms with Gasteiger partial charge in [0.05, 0.1) is 46.6 Å². The maximum Gasteiger partial charge on any atom is 0.229 e. The number of fused-ring (bicyclic) bond motifs is 1. The summed E-state index contributed by atoms with van der Waals surface area (Å²) in [4.78, 5) is 23.1. The third-order valence-electron chi connectivity index (χ3n) is 9.25. The molecule has 0 radical (unpaired) electrons. The van der Waals surface area contributed by atoms with E-state index in [1.165, 1.54) is 0 Å². The molecule has 0 atom stereocenters. The number of benzene rings is 2. The van der Waals surface area contributed by atoms with Crippen molar-refractivity contribution in [2.24, 2.45) is 13.0 Å². The van der Waals surface area contributed by atoms with Crippen LogP contribution in [0.5, 0.6) is 5.75 Å². The summed E-state index contributed by atoms with van der Waals surface area (Å²) in [6, 6.07) is 8.31. The average Bonchev–Trinajstić information content (AvgIpc) is 3.51. The summed E-state index contributed by atoms with van der Waals surface area (Å²) in [5.41, 5.74) is 5.64. The van der Waals surface area contributed by atoms with E-state index in [9.17, 15) is 8.96 Å². The van der Waals surface area contributed by atoms with Gasteiger partial charge in [0.15, 0.2) is 0 Å². The van der Waals surface area contributed by atoms with Crippen molar-refractivity contribution < 1.29 is 13.7 Å². The van der Waals surface area contributed by atoms with Gasteiger partial charge in [0, 0.05) is 92.9 Å². The molecular formula is C34H39BrFN10O2P. The second-order valence-electron chi connectivity index (χ2n) is 13.0. The quantitative estimate of drug-likeness (QED) is 0.159. The topological polar surface area (TPSA) is 126 Å². The van der Waals surface area contributed by atoms with Crippen molar-refractivity contribution >= 4 is 68.2 Å². The van der Waals surface area contributed by atoms with Gasteiger partial charge in [0.25, 0.3) is 0 Å². The van der Waals surface area contributed by atoms with E-state index in [2.05, 4.69) is 68.5 Å². The second-order valence-corrected chi connectivity index (χ2v) is 17.0. The fraction of sp³-hybridized carbons (Fsp3) is 0.382. The summed E-state index contributed by atoms with van der Waals surface area (Å²) >= 11 is 3.58. The number of aromatic nitrogens is 6. The van der Waals surface area contributed by atoms with Gasteiger partial charge in [-0.3, -0.25) is 23.9 Å². The smallest absolute Gasteiger partial charge is 0.229 e. The maximum atomic E-state index is 13.5. The van der Waals surface area contributed by atoms with Gasteiger partial charge in [-0.2, -0.15) is 10.1 Å². The van der Waals surface area contributed by atoms with E-state index in [-0.39, 0.29) is 12.6 Å². The molecule has 2 aliphatic rings. The van der Waals surface area contributed by atoms with Crippen molar-refractivity contribution in [3.8, 4) is 16.9 Å². The summed E-state index contributed by atoms with van der Waals surface area (Å²) in [5, 5.41) is 11.8. The Morgan fingerprint density at radius 1 is 1.04 bits per heavy atom. The van der Waals surface area contributed by atoms with Crippen molar-refractivity contribution in [3.63, 3.8) is 0 Å². The molecule has 0 bridgehead atoms. The zero-order chi connectivity index (χ0) is 34.3. The molecule has 2 N–H and O–H groups in total. The number of methoxy groups -OCH3 is 1. The molecule has 256 valence electrons. The van der Waals surface area contributed by atoms with E-state index in [0.717, 1.165) is 55.8 Å². The van der Waals surface area contributed by atoms with E-state index in [4.69, 9.17) is 9.72 Å². The van der Waals surface area contributed by atoms with Crippen LogP contribution in [0.15, 0.2) is 59.7 Å². The standard InChI is InChI=1S/C34H39BrFN10O2P/c1-44-20-22(16-40-44)24-13-28(30(48-2)14-29(24)45-11-7-23(8-12-45)46-18-21(15-36)19-46)42-34-39-17-25(35)33(43-34)41-27-6-5-26-31(38-10-9-37-26)32(27)49(3,4)47/h5-6,9-10,13-14,16-17,20-21,23H,7-8,11-12,15,18-19H2,1-4H3,(H2,39,41,42,43). The molecule has 0 amide bonds. The average molecular weight is 750 g/mol. The Balaban J connectivity index is 1.19. The van der Waals surface area contributed by atoms with Gasteiger partial charge in [-0.05, 0) is 60.3 Å². The molecule has 0 unspecified atom stereocenters. The summed E-state index contributed by atoms with van der Waals surface area (Å²) in [6.07, 6.45) is 10.8. The number of hydrogen-bond acceptors (Lipinski definition) is 11. The van der Waals surface area contributed by atoms with Crippen LogP contribution in [0, 0.1) is 5.92 Å². The van der Waals surface area contributed by atoms with Crippen molar-refractivity contribution in [1.29, 1.82) is 0 Å². The lowest BCUT2D eigenvalue weighted by molar-refractivity contribution is 0.0290. The highest BCUT2D eigenvalue weighted by molar-refractivity contribution is 9.10. The Kier molecular flexibility index (Phi) is 9.29. The number of nitrogens with zero attached hydrogens (tertiary/aromatic N) is 8. The highest BCUT2D eigenvalue weighted by Gasteiger charge is 2.34. The number of nitrogens with one attached hydrogen (secondary N) is 2. The molecule has 7 rings (SSSR count). The van der Waals surface area contributed by atoms with Crippen LogP contribution < -0.4 is 25.6 Å². The number of piperidine rings is 1. The summed E-state index contributed by atoms with van der Waals surface area (Å²) in [5.74, 6) is 1.67. The summed E-state index contributed by atoms with van der Waals surface area (Å²) in [6.45, 7) is 6.72. The number of hydrogen-bond donors (Lipinski definition) is 2. The minimum absolute atomic E-state index is 0.193. The van der Waals surface area contributed by atoms with Crippen molar-refractivity contribution in [1.82, 2.24) is 34.6 Å². The molecule has 15 heteroatoms.